The van der Waals surface area contributed by atoms with Crippen molar-refractivity contribution in [1.29, 1.82) is 0 Å². The van der Waals surface area contributed by atoms with Gasteiger partial charge in [-0.1, -0.05) is 0 Å². The van der Waals surface area contributed by atoms with Crippen LogP contribution >= 0.6 is 0 Å². The molecule has 1 heterocycles. The zero-order valence-electron chi connectivity index (χ0n) is 8.24. The Kier molecular flexibility index (Phi) is 2.34. The molecule has 1 saturated heterocycles. The first-order valence-corrected chi connectivity index (χ1v) is 5.18. The number of hydrogen-bond donors (Lipinski definition) is 2. The van der Waals surface area contributed by atoms with Gasteiger partial charge in [0.25, 0.3) is 0 Å². The fourth-order valence-electron chi connectivity index (χ4n) is 2.25. The number of β-amino-alcohol motifs (C(OH)–C–C–N with tert-alkyl or cyclic N) is 1. The molecule has 2 atom stereocenters. The molecule has 2 rings (SSSR count). The Morgan fingerprint density at radius 2 is 2.15 bits per heavy atom. The minimum atomic E-state index is -0.240. The summed E-state index contributed by atoms with van der Waals surface area (Å²) < 4.78 is 0. The topological polar surface area (TPSA) is 43.7 Å². The van der Waals surface area contributed by atoms with Crippen LogP contribution in [0.2, 0.25) is 0 Å². The highest BCUT2D eigenvalue weighted by molar-refractivity contribution is 4.97. The lowest BCUT2D eigenvalue weighted by Gasteiger charge is -2.33. The predicted molar refractivity (Wildman–Crippen MR) is 50.4 cm³/mol. The fraction of sp³-hybridized carbons (Fsp3) is 1.00. The van der Waals surface area contributed by atoms with Crippen LogP contribution < -0.4 is 0 Å². The minimum absolute atomic E-state index is 0.163. The predicted octanol–water partition coefficient (Wildman–Crippen LogP) is 0.214. The summed E-state index contributed by atoms with van der Waals surface area (Å²) in [6.07, 6.45) is 3.13. The van der Waals surface area contributed by atoms with Crippen LogP contribution in [0.1, 0.15) is 26.2 Å². The molecule has 3 heteroatoms. The number of likely N-dealkylation sites (tertiary alicyclic amines) is 1. The second-order valence-electron chi connectivity index (χ2n) is 4.86. The second-order valence-corrected chi connectivity index (χ2v) is 4.86. The van der Waals surface area contributed by atoms with E-state index in [-0.39, 0.29) is 18.2 Å². The molecule has 2 aliphatic rings. The lowest BCUT2D eigenvalue weighted by atomic mass is 9.99. The zero-order chi connectivity index (χ0) is 9.47. The first-order valence-electron chi connectivity index (χ1n) is 5.18. The third-order valence-electron chi connectivity index (χ3n) is 3.39. The van der Waals surface area contributed by atoms with Crippen molar-refractivity contribution in [1.82, 2.24) is 4.90 Å². The summed E-state index contributed by atoms with van der Waals surface area (Å²) in [5, 5.41) is 18.8. The molecule has 1 saturated carbocycles. The lowest BCUT2D eigenvalue weighted by molar-refractivity contribution is 0.0755. The second kappa shape index (κ2) is 3.23. The maximum atomic E-state index is 9.55. The number of aliphatic hydroxyl groups excluding tert-OH is 2. The molecular weight excluding hydrogens is 166 g/mol. The van der Waals surface area contributed by atoms with E-state index in [2.05, 4.69) is 4.90 Å². The monoisotopic (exact) mass is 185 g/mol. The molecule has 0 radical (unpaired) electrons. The molecule has 0 aromatic carbocycles. The van der Waals surface area contributed by atoms with Crippen LogP contribution in [0.3, 0.4) is 0 Å². The highest BCUT2D eigenvalue weighted by Gasteiger charge is 2.42. The molecule has 0 aromatic rings. The largest absolute Gasteiger partial charge is 0.394 e. The molecule has 76 valence electrons. The Bertz CT molecular complexity index is 193. The van der Waals surface area contributed by atoms with Gasteiger partial charge in [0.1, 0.15) is 0 Å². The van der Waals surface area contributed by atoms with Crippen molar-refractivity contribution in [3.63, 3.8) is 0 Å². The summed E-state index contributed by atoms with van der Waals surface area (Å²) in [6.45, 7) is 4.02. The van der Waals surface area contributed by atoms with Crippen molar-refractivity contribution in [2.24, 2.45) is 5.92 Å². The van der Waals surface area contributed by atoms with Gasteiger partial charge in [-0.25, -0.2) is 0 Å². The quantitative estimate of drug-likeness (QED) is 0.661. The Labute approximate surface area is 79.4 Å². The Morgan fingerprint density at radius 1 is 1.46 bits per heavy atom. The maximum absolute atomic E-state index is 9.55. The van der Waals surface area contributed by atoms with E-state index in [1.165, 1.54) is 12.8 Å². The fourth-order valence-corrected chi connectivity index (χ4v) is 2.25. The van der Waals surface area contributed by atoms with Crippen LogP contribution in [0.25, 0.3) is 0 Å². The van der Waals surface area contributed by atoms with Gasteiger partial charge in [0, 0.05) is 18.6 Å². The van der Waals surface area contributed by atoms with Gasteiger partial charge in [-0.15, -0.1) is 0 Å². The van der Waals surface area contributed by atoms with Gasteiger partial charge in [-0.2, -0.15) is 0 Å². The first-order chi connectivity index (χ1) is 6.14. The van der Waals surface area contributed by atoms with Crippen molar-refractivity contribution in [3.05, 3.63) is 0 Å². The summed E-state index contributed by atoms with van der Waals surface area (Å²) >= 11 is 0. The van der Waals surface area contributed by atoms with E-state index in [0.717, 1.165) is 25.4 Å². The molecule has 0 spiro atoms. The highest BCUT2D eigenvalue weighted by Crippen LogP contribution is 2.36. The van der Waals surface area contributed by atoms with E-state index in [0.29, 0.717) is 0 Å². The van der Waals surface area contributed by atoms with Gasteiger partial charge in [0.05, 0.1) is 12.7 Å². The number of nitrogens with zero attached hydrogens (tertiary/aromatic N) is 1. The van der Waals surface area contributed by atoms with Gasteiger partial charge < -0.3 is 10.2 Å². The Hall–Kier alpha value is -0.120. The van der Waals surface area contributed by atoms with Crippen LogP contribution in [0.5, 0.6) is 0 Å². The summed E-state index contributed by atoms with van der Waals surface area (Å²) in [5.41, 5.74) is -0.165. The zero-order valence-corrected chi connectivity index (χ0v) is 8.24. The lowest BCUT2D eigenvalue weighted by Crippen LogP contribution is -2.45. The van der Waals surface area contributed by atoms with E-state index in [1.54, 1.807) is 0 Å². The third kappa shape index (κ3) is 1.87. The standard InChI is InChI=1S/C10H19NO2/c1-10(7-12)4-9(13)6-11(10)5-8-2-3-8/h8-9,12-13H,2-7H2,1H3. The summed E-state index contributed by atoms with van der Waals surface area (Å²) in [4.78, 5) is 2.26. The molecule has 1 aliphatic carbocycles. The molecule has 2 unspecified atom stereocenters. The van der Waals surface area contributed by atoms with Crippen LogP contribution in [0.15, 0.2) is 0 Å². The Balaban J connectivity index is 1.97. The normalized spacial score (nSPS) is 41.3. The number of aliphatic hydroxyl groups is 2. The van der Waals surface area contributed by atoms with Crippen molar-refractivity contribution >= 4 is 0 Å². The van der Waals surface area contributed by atoms with Crippen LogP contribution in [0, 0.1) is 5.92 Å². The first kappa shape index (κ1) is 9.44. The van der Waals surface area contributed by atoms with Gasteiger partial charge in [-0.05, 0) is 32.1 Å². The molecule has 1 aliphatic heterocycles. The van der Waals surface area contributed by atoms with Crippen LogP contribution in [-0.2, 0) is 0 Å². The Morgan fingerprint density at radius 3 is 2.69 bits per heavy atom. The summed E-state index contributed by atoms with van der Waals surface area (Å²) in [6, 6.07) is 0. The van der Waals surface area contributed by atoms with Crippen molar-refractivity contribution in [3.8, 4) is 0 Å². The molecule has 3 nitrogen and oxygen atoms in total. The molecule has 0 aromatic heterocycles. The van der Waals surface area contributed by atoms with E-state index in [9.17, 15) is 10.2 Å². The molecule has 2 N–H and O–H groups in total. The number of hydrogen-bond acceptors (Lipinski definition) is 3. The van der Waals surface area contributed by atoms with Gasteiger partial charge in [0.15, 0.2) is 0 Å². The van der Waals surface area contributed by atoms with E-state index >= 15 is 0 Å². The van der Waals surface area contributed by atoms with Crippen LogP contribution in [-0.4, -0.2) is 46.5 Å². The number of rotatable bonds is 3. The van der Waals surface area contributed by atoms with Crippen molar-refractivity contribution < 1.29 is 10.2 Å². The summed E-state index contributed by atoms with van der Waals surface area (Å²) in [5.74, 6) is 0.830. The molecule has 13 heavy (non-hydrogen) atoms. The van der Waals surface area contributed by atoms with Crippen molar-refractivity contribution in [2.45, 2.75) is 37.8 Å². The minimum Gasteiger partial charge on any atom is -0.394 e. The maximum Gasteiger partial charge on any atom is 0.0685 e. The van der Waals surface area contributed by atoms with E-state index in [4.69, 9.17) is 0 Å². The molecular formula is C10H19NO2. The van der Waals surface area contributed by atoms with Gasteiger partial charge >= 0.3 is 0 Å². The van der Waals surface area contributed by atoms with E-state index in [1.807, 2.05) is 6.92 Å². The van der Waals surface area contributed by atoms with Gasteiger partial charge in [0.2, 0.25) is 0 Å². The molecule has 0 bridgehead atoms. The highest BCUT2D eigenvalue weighted by atomic mass is 16.3. The third-order valence-corrected chi connectivity index (χ3v) is 3.39. The average molecular weight is 185 g/mol. The van der Waals surface area contributed by atoms with E-state index < -0.39 is 0 Å². The van der Waals surface area contributed by atoms with Crippen molar-refractivity contribution in [2.75, 3.05) is 19.7 Å². The summed E-state index contributed by atoms with van der Waals surface area (Å²) in [7, 11) is 0. The van der Waals surface area contributed by atoms with Crippen LogP contribution in [0.4, 0.5) is 0 Å². The molecule has 2 fully saturated rings. The smallest absolute Gasteiger partial charge is 0.0685 e. The van der Waals surface area contributed by atoms with Gasteiger partial charge in [-0.3, -0.25) is 4.90 Å². The SMILES string of the molecule is CC1(CO)CC(O)CN1CC1CC1. The molecule has 0 amide bonds. The average Bonchev–Trinajstić information content (AvgIpc) is 2.82.